The number of nitrogens with two attached hydrogens (primary N) is 1. The topological polar surface area (TPSA) is 88.8 Å². The maximum absolute atomic E-state index is 5.85. The average molecular weight is 257 g/mol. The Morgan fingerprint density at radius 2 is 2.26 bits per heavy atom. The van der Waals surface area contributed by atoms with Crippen LogP contribution in [0.3, 0.4) is 0 Å². The number of hydrogen-bond donors (Lipinski definition) is 3. The molecule has 0 radical (unpaired) electrons. The Bertz CT molecular complexity index is 721. The van der Waals surface area contributed by atoms with Crippen LogP contribution >= 0.6 is 0 Å². The molecule has 1 aromatic carbocycles. The van der Waals surface area contributed by atoms with Crippen LogP contribution in [0.2, 0.25) is 0 Å². The van der Waals surface area contributed by atoms with Crippen LogP contribution in [0.15, 0.2) is 24.5 Å². The number of ether oxygens (including phenoxy) is 1. The zero-order valence-corrected chi connectivity index (χ0v) is 10.6. The third-order valence-corrected chi connectivity index (χ3v) is 3.01. The van der Waals surface area contributed by atoms with E-state index in [1.54, 1.807) is 7.11 Å². The molecule has 0 fully saturated rings. The van der Waals surface area contributed by atoms with Gasteiger partial charge in [-0.25, -0.2) is 9.97 Å². The summed E-state index contributed by atoms with van der Waals surface area (Å²) in [6.45, 7) is 1.31. The second-order valence-corrected chi connectivity index (χ2v) is 4.30. The summed E-state index contributed by atoms with van der Waals surface area (Å²) in [7, 11) is 1.67. The molecule has 2 heterocycles. The number of methoxy groups -OCH3 is 1. The summed E-state index contributed by atoms with van der Waals surface area (Å²) in [4.78, 5) is 11.8. The Hall–Kier alpha value is -2.34. The molecule has 2 aromatic heterocycles. The van der Waals surface area contributed by atoms with Crippen LogP contribution in [-0.2, 0) is 4.74 Å². The van der Waals surface area contributed by atoms with Crippen molar-refractivity contribution in [2.75, 3.05) is 31.3 Å². The minimum Gasteiger partial charge on any atom is -0.399 e. The zero-order valence-electron chi connectivity index (χ0n) is 10.6. The number of aromatic nitrogens is 3. The van der Waals surface area contributed by atoms with Crippen LogP contribution in [-0.4, -0.2) is 35.2 Å². The Morgan fingerprint density at radius 3 is 3.11 bits per heavy atom. The number of anilines is 2. The fourth-order valence-electron chi connectivity index (χ4n) is 2.15. The number of aromatic amines is 1. The molecule has 0 saturated carbocycles. The summed E-state index contributed by atoms with van der Waals surface area (Å²) >= 11 is 0. The quantitative estimate of drug-likeness (QED) is 0.489. The van der Waals surface area contributed by atoms with Crippen molar-refractivity contribution in [2.24, 2.45) is 0 Å². The van der Waals surface area contributed by atoms with Gasteiger partial charge in [-0.1, -0.05) is 0 Å². The van der Waals surface area contributed by atoms with Crippen LogP contribution in [0.4, 0.5) is 11.5 Å². The highest BCUT2D eigenvalue weighted by molar-refractivity contribution is 6.11. The van der Waals surface area contributed by atoms with E-state index in [2.05, 4.69) is 20.3 Å². The zero-order chi connectivity index (χ0) is 13.2. The van der Waals surface area contributed by atoms with Crippen molar-refractivity contribution in [1.82, 2.24) is 15.0 Å². The van der Waals surface area contributed by atoms with E-state index in [1.165, 1.54) is 6.33 Å². The normalized spacial score (nSPS) is 11.2. The standard InChI is InChI=1S/C13H15N5O/c1-19-5-4-15-12-11-9-6-8(14)2-3-10(9)18-13(11)17-7-16-12/h2-3,6-7H,4-5,14H2,1H3,(H2,15,16,17,18). The SMILES string of the molecule is COCCNc1ncnc2[nH]c3ccc(N)cc3c12. The molecule has 0 spiro atoms. The number of H-pyrrole nitrogens is 1. The summed E-state index contributed by atoms with van der Waals surface area (Å²) in [6, 6.07) is 5.74. The minimum atomic E-state index is 0.621. The molecule has 98 valence electrons. The van der Waals surface area contributed by atoms with Gasteiger partial charge in [0.25, 0.3) is 0 Å². The minimum absolute atomic E-state index is 0.621. The van der Waals surface area contributed by atoms with E-state index in [4.69, 9.17) is 10.5 Å². The first kappa shape index (κ1) is 11.7. The molecule has 0 aliphatic heterocycles. The largest absolute Gasteiger partial charge is 0.399 e. The molecule has 0 saturated heterocycles. The molecule has 0 aliphatic carbocycles. The lowest BCUT2D eigenvalue weighted by Crippen LogP contribution is -2.09. The van der Waals surface area contributed by atoms with Crippen LogP contribution < -0.4 is 11.1 Å². The Balaban J connectivity index is 2.15. The molecular formula is C13H15N5O. The Labute approximate surface area is 110 Å². The molecule has 3 aromatic rings. The maximum atomic E-state index is 5.85. The van der Waals surface area contributed by atoms with E-state index >= 15 is 0 Å². The average Bonchev–Trinajstić information content (AvgIpc) is 2.78. The third kappa shape index (κ3) is 2.06. The first-order valence-corrected chi connectivity index (χ1v) is 6.04. The van der Waals surface area contributed by atoms with Crippen LogP contribution in [0, 0.1) is 0 Å². The lowest BCUT2D eigenvalue weighted by atomic mass is 10.2. The molecule has 0 bridgehead atoms. The van der Waals surface area contributed by atoms with E-state index in [9.17, 15) is 0 Å². The van der Waals surface area contributed by atoms with Gasteiger partial charge in [-0.3, -0.25) is 0 Å². The fourth-order valence-corrected chi connectivity index (χ4v) is 2.15. The number of rotatable bonds is 4. The molecule has 3 rings (SSSR count). The van der Waals surface area contributed by atoms with Crippen molar-refractivity contribution < 1.29 is 4.74 Å². The van der Waals surface area contributed by atoms with Crippen molar-refractivity contribution in [3.05, 3.63) is 24.5 Å². The summed E-state index contributed by atoms with van der Waals surface area (Å²) in [5.74, 6) is 0.791. The fraction of sp³-hybridized carbons (Fsp3) is 0.231. The lowest BCUT2D eigenvalue weighted by Gasteiger charge is -2.05. The Morgan fingerprint density at radius 1 is 1.37 bits per heavy atom. The van der Waals surface area contributed by atoms with E-state index in [0.29, 0.717) is 13.2 Å². The van der Waals surface area contributed by atoms with E-state index in [-0.39, 0.29) is 0 Å². The lowest BCUT2D eigenvalue weighted by molar-refractivity contribution is 0.210. The summed E-state index contributed by atoms with van der Waals surface area (Å²) in [5.41, 5.74) is 8.37. The molecule has 0 atom stereocenters. The second-order valence-electron chi connectivity index (χ2n) is 4.30. The molecule has 0 aliphatic rings. The number of hydrogen-bond acceptors (Lipinski definition) is 5. The molecule has 4 N–H and O–H groups in total. The van der Waals surface area contributed by atoms with E-state index in [0.717, 1.165) is 33.4 Å². The van der Waals surface area contributed by atoms with Crippen molar-refractivity contribution in [3.63, 3.8) is 0 Å². The summed E-state index contributed by atoms with van der Waals surface area (Å²) < 4.78 is 5.03. The van der Waals surface area contributed by atoms with Crippen molar-refractivity contribution >= 4 is 33.4 Å². The van der Waals surface area contributed by atoms with Gasteiger partial charge >= 0.3 is 0 Å². The maximum Gasteiger partial charge on any atom is 0.143 e. The summed E-state index contributed by atoms with van der Waals surface area (Å²) in [6.07, 6.45) is 1.54. The number of nitrogen functional groups attached to an aromatic ring is 1. The molecule has 19 heavy (non-hydrogen) atoms. The smallest absolute Gasteiger partial charge is 0.143 e. The third-order valence-electron chi connectivity index (χ3n) is 3.01. The molecule has 0 amide bonds. The molecule has 6 heteroatoms. The highest BCUT2D eigenvalue weighted by Crippen LogP contribution is 2.29. The van der Waals surface area contributed by atoms with Gasteiger partial charge in [-0.05, 0) is 18.2 Å². The molecule has 6 nitrogen and oxygen atoms in total. The van der Waals surface area contributed by atoms with Gasteiger partial charge in [0.15, 0.2) is 0 Å². The predicted octanol–water partition coefficient (Wildman–Crippen LogP) is 1.75. The van der Waals surface area contributed by atoms with Crippen molar-refractivity contribution in [2.45, 2.75) is 0 Å². The Kier molecular flexibility index (Phi) is 2.92. The predicted molar refractivity (Wildman–Crippen MR) is 76.2 cm³/mol. The van der Waals surface area contributed by atoms with Crippen LogP contribution in [0.25, 0.3) is 21.9 Å². The van der Waals surface area contributed by atoms with Gasteiger partial charge in [0.2, 0.25) is 0 Å². The number of benzene rings is 1. The van der Waals surface area contributed by atoms with E-state index < -0.39 is 0 Å². The summed E-state index contributed by atoms with van der Waals surface area (Å²) in [5, 5.41) is 5.23. The van der Waals surface area contributed by atoms with Crippen molar-refractivity contribution in [3.8, 4) is 0 Å². The monoisotopic (exact) mass is 257 g/mol. The van der Waals surface area contributed by atoms with Crippen LogP contribution in [0.1, 0.15) is 0 Å². The second kappa shape index (κ2) is 4.74. The van der Waals surface area contributed by atoms with Crippen LogP contribution in [0.5, 0.6) is 0 Å². The van der Waals surface area contributed by atoms with Gasteiger partial charge in [0.1, 0.15) is 17.8 Å². The van der Waals surface area contributed by atoms with Gasteiger partial charge in [0.05, 0.1) is 12.0 Å². The van der Waals surface area contributed by atoms with Gasteiger partial charge in [-0.15, -0.1) is 0 Å². The molecular weight excluding hydrogens is 242 g/mol. The van der Waals surface area contributed by atoms with Gasteiger partial charge in [-0.2, -0.15) is 0 Å². The molecule has 0 unspecified atom stereocenters. The number of nitrogens with zero attached hydrogens (tertiary/aromatic N) is 2. The first-order chi connectivity index (χ1) is 9.29. The van der Waals surface area contributed by atoms with Crippen molar-refractivity contribution in [1.29, 1.82) is 0 Å². The first-order valence-electron chi connectivity index (χ1n) is 6.04. The van der Waals surface area contributed by atoms with E-state index in [1.807, 2.05) is 18.2 Å². The number of fused-ring (bicyclic) bond motifs is 3. The highest BCUT2D eigenvalue weighted by atomic mass is 16.5. The van der Waals surface area contributed by atoms with Gasteiger partial charge in [0, 0.05) is 30.2 Å². The van der Waals surface area contributed by atoms with Gasteiger partial charge < -0.3 is 20.8 Å². The highest BCUT2D eigenvalue weighted by Gasteiger charge is 2.10. The number of nitrogens with one attached hydrogen (secondary N) is 2.